The van der Waals surface area contributed by atoms with Crippen LogP contribution in [0.25, 0.3) is 0 Å². The molecule has 0 fully saturated rings. The van der Waals surface area contributed by atoms with Gasteiger partial charge in [0.2, 0.25) is 0 Å². The summed E-state index contributed by atoms with van der Waals surface area (Å²) in [4.78, 5) is 15.3. The number of nitrogens with zero attached hydrogens (tertiary/aromatic N) is 2. The average Bonchev–Trinajstić information content (AvgIpc) is 2.52. The molecular weight excluding hydrogens is 385 g/mol. The fourth-order valence-electron chi connectivity index (χ4n) is 2.59. The third-order valence-electron chi connectivity index (χ3n) is 4.00. The molecule has 0 unspecified atom stereocenters. The number of rotatable bonds is 11. The Morgan fingerprint density at radius 2 is 1.50 bits per heavy atom. The van der Waals surface area contributed by atoms with Gasteiger partial charge in [-0.1, -0.05) is 64.7 Å². The van der Waals surface area contributed by atoms with Crippen molar-refractivity contribution in [3.8, 4) is 0 Å². The molecule has 0 spiro atoms. The summed E-state index contributed by atoms with van der Waals surface area (Å²) in [7, 11) is 0. The summed E-state index contributed by atoms with van der Waals surface area (Å²) in [6.45, 7) is 2.61. The van der Waals surface area contributed by atoms with Gasteiger partial charge in [-0.25, -0.2) is 4.98 Å². The first kappa shape index (κ1) is 21.2. The fourth-order valence-corrected chi connectivity index (χ4v) is 3.15. The van der Waals surface area contributed by atoms with E-state index in [-0.39, 0.29) is 0 Å². The smallest absolute Gasteiger partial charge is 0.298 e. The molecule has 0 aromatic carbocycles. The van der Waals surface area contributed by atoms with Crippen LogP contribution in [0.3, 0.4) is 0 Å². The summed E-state index contributed by atoms with van der Waals surface area (Å²) in [5, 5.41) is 0. The van der Waals surface area contributed by atoms with Gasteiger partial charge in [0, 0.05) is 6.54 Å². The highest BCUT2D eigenvalue weighted by atomic mass is 79.9. The van der Waals surface area contributed by atoms with E-state index in [4.69, 9.17) is 0 Å². The zero-order valence-electron chi connectivity index (χ0n) is 14.2. The molecule has 0 aliphatic heterocycles. The monoisotopic (exact) mass is 410 g/mol. The molecule has 1 aromatic rings. The Bertz CT molecular complexity index is 544. The molecule has 0 saturated carbocycles. The van der Waals surface area contributed by atoms with Gasteiger partial charge in [0.15, 0.2) is 5.69 Å². The molecule has 0 amide bonds. The third kappa shape index (κ3) is 7.36. The van der Waals surface area contributed by atoms with Crippen molar-refractivity contribution in [3.05, 3.63) is 26.8 Å². The average molecular weight is 411 g/mol. The first-order chi connectivity index (χ1) is 11.4. The zero-order valence-corrected chi connectivity index (χ0v) is 15.8. The lowest BCUT2D eigenvalue weighted by molar-refractivity contribution is -0.142. The number of unbranched alkanes of at least 4 members (excludes halogenated alkanes) is 9. The van der Waals surface area contributed by atoms with Crippen LogP contribution in [-0.2, 0) is 12.7 Å². The second-order valence-corrected chi connectivity index (χ2v) is 6.88. The van der Waals surface area contributed by atoms with Gasteiger partial charge >= 0.3 is 6.18 Å². The van der Waals surface area contributed by atoms with Gasteiger partial charge in [-0.05, 0) is 22.4 Å². The molecule has 7 heteroatoms. The predicted octanol–water partition coefficient (Wildman–Crippen LogP) is 5.95. The van der Waals surface area contributed by atoms with Crippen LogP contribution in [0.5, 0.6) is 0 Å². The molecule has 0 radical (unpaired) electrons. The molecule has 1 rings (SSSR count). The molecule has 0 N–H and O–H groups in total. The van der Waals surface area contributed by atoms with E-state index in [1.54, 1.807) is 0 Å². The molecule has 138 valence electrons. The molecule has 1 aromatic heterocycles. The second kappa shape index (κ2) is 10.9. The number of halogens is 4. The summed E-state index contributed by atoms with van der Waals surface area (Å²) >= 11 is 2.72. The normalized spacial score (nSPS) is 11.9. The fraction of sp³-hybridized carbons (Fsp3) is 0.765. The van der Waals surface area contributed by atoms with E-state index in [1.165, 1.54) is 49.5 Å². The largest absolute Gasteiger partial charge is 0.434 e. The van der Waals surface area contributed by atoms with Crippen molar-refractivity contribution in [2.75, 3.05) is 0 Å². The molecule has 0 saturated heterocycles. The Kier molecular flexibility index (Phi) is 9.63. The summed E-state index contributed by atoms with van der Waals surface area (Å²) in [5.41, 5.74) is -1.83. The van der Waals surface area contributed by atoms with Crippen molar-refractivity contribution in [3.63, 3.8) is 0 Å². The Balaban J connectivity index is 2.27. The van der Waals surface area contributed by atoms with Crippen molar-refractivity contribution < 1.29 is 13.2 Å². The quantitative estimate of drug-likeness (QED) is 0.422. The lowest BCUT2D eigenvalue weighted by Gasteiger charge is -2.10. The third-order valence-corrected chi connectivity index (χ3v) is 4.72. The molecule has 0 atom stereocenters. The first-order valence-corrected chi connectivity index (χ1v) is 9.49. The van der Waals surface area contributed by atoms with Crippen molar-refractivity contribution in [2.24, 2.45) is 0 Å². The number of hydrogen-bond acceptors (Lipinski definition) is 2. The van der Waals surface area contributed by atoms with E-state index in [9.17, 15) is 18.0 Å². The van der Waals surface area contributed by atoms with Gasteiger partial charge in [0.25, 0.3) is 5.56 Å². The van der Waals surface area contributed by atoms with Crippen LogP contribution >= 0.6 is 15.9 Å². The van der Waals surface area contributed by atoms with Crippen molar-refractivity contribution in [2.45, 2.75) is 83.9 Å². The molecule has 0 bridgehead atoms. The lowest BCUT2D eigenvalue weighted by atomic mass is 10.1. The number of aryl methyl sites for hydroxylation is 1. The lowest BCUT2D eigenvalue weighted by Crippen LogP contribution is -2.25. The predicted molar refractivity (Wildman–Crippen MR) is 93.0 cm³/mol. The zero-order chi connectivity index (χ0) is 18.0. The highest BCUT2D eigenvalue weighted by Crippen LogP contribution is 2.30. The first-order valence-electron chi connectivity index (χ1n) is 8.70. The Morgan fingerprint density at radius 1 is 1.00 bits per heavy atom. The summed E-state index contributed by atoms with van der Waals surface area (Å²) in [6, 6.07) is 0. The van der Waals surface area contributed by atoms with E-state index >= 15 is 0 Å². The Hall–Kier alpha value is -0.850. The number of hydrogen-bond donors (Lipinski definition) is 0. The van der Waals surface area contributed by atoms with Crippen LogP contribution in [0.1, 0.15) is 76.8 Å². The maximum Gasteiger partial charge on any atom is 0.434 e. The van der Waals surface area contributed by atoms with Crippen LogP contribution in [0.4, 0.5) is 13.2 Å². The molecule has 0 aliphatic rings. The Labute approximate surface area is 149 Å². The molecule has 0 aliphatic carbocycles. The summed E-state index contributed by atoms with van der Waals surface area (Å²) in [5.74, 6) is 0. The van der Waals surface area contributed by atoms with Gasteiger partial charge in [-0.3, -0.25) is 9.36 Å². The maximum absolute atomic E-state index is 12.6. The van der Waals surface area contributed by atoms with E-state index in [2.05, 4.69) is 27.8 Å². The minimum absolute atomic E-state index is 0.402. The van der Waals surface area contributed by atoms with Crippen LogP contribution < -0.4 is 5.56 Å². The van der Waals surface area contributed by atoms with Gasteiger partial charge < -0.3 is 0 Å². The summed E-state index contributed by atoms with van der Waals surface area (Å²) < 4.78 is 38.7. The molecule has 1 heterocycles. The van der Waals surface area contributed by atoms with Crippen LogP contribution in [0, 0.1) is 0 Å². The van der Waals surface area contributed by atoms with E-state index in [0.717, 1.165) is 25.6 Å². The van der Waals surface area contributed by atoms with Crippen LogP contribution in [-0.4, -0.2) is 9.55 Å². The van der Waals surface area contributed by atoms with Gasteiger partial charge in [-0.15, -0.1) is 0 Å². The second-order valence-electron chi connectivity index (χ2n) is 6.09. The minimum Gasteiger partial charge on any atom is -0.298 e. The number of aromatic nitrogens is 2. The van der Waals surface area contributed by atoms with Crippen molar-refractivity contribution in [1.29, 1.82) is 0 Å². The summed E-state index contributed by atoms with van der Waals surface area (Å²) in [6.07, 6.45) is 8.08. The standard InChI is InChI=1S/C17H26BrF3N2O/c1-2-3-4-5-6-7-8-9-10-11-12-23-13-22-15(17(19,20)21)14(18)16(23)24/h13H,2-12H2,1H3. The van der Waals surface area contributed by atoms with Gasteiger partial charge in [0.05, 0.1) is 6.33 Å². The van der Waals surface area contributed by atoms with E-state index < -0.39 is 21.9 Å². The molecule has 24 heavy (non-hydrogen) atoms. The van der Waals surface area contributed by atoms with E-state index in [0.29, 0.717) is 6.54 Å². The SMILES string of the molecule is CCCCCCCCCCCCn1cnc(C(F)(F)F)c(Br)c1=O. The van der Waals surface area contributed by atoms with Gasteiger partial charge in [-0.2, -0.15) is 13.2 Å². The highest BCUT2D eigenvalue weighted by Gasteiger charge is 2.36. The highest BCUT2D eigenvalue weighted by molar-refractivity contribution is 9.10. The molecular formula is C17H26BrF3N2O. The number of alkyl halides is 3. The van der Waals surface area contributed by atoms with E-state index in [1.807, 2.05) is 0 Å². The van der Waals surface area contributed by atoms with Crippen molar-refractivity contribution >= 4 is 15.9 Å². The molecule has 3 nitrogen and oxygen atoms in total. The van der Waals surface area contributed by atoms with Crippen LogP contribution in [0.15, 0.2) is 15.6 Å². The minimum atomic E-state index is -4.62. The topological polar surface area (TPSA) is 34.9 Å². The Morgan fingerprint density at radius 3 is 2.00 bits per heavy atom. The van der Waals surface area contributed by atoms with Crippen molar-refractivity contribution in [1.82, 2.24) is 9.55 Å². The van der Waals surface area contributed by atoms with Crippen LogP contribution in [0.2, 0.25) is 0 Å². The maximum atomic E-state index is 12.6. The van der Waals surface area contributed by atoms with Gasteiger partial charge in [0.1, 0.15) is 4.47 Å².